The molecule has 146 valence electrons. The van der Waals surface area contributed by atoms with Gasteiger partial charge in [0.25, 0.3) is 0 Å². The summed E-state index contributed by atoms with van der Waals surface area (Å²) >= 11 is 0. The fraction of sp³-hybridized carbons (Fsp3) is 1.00. The summed E-state index contributed by atoms with van der Waals surface area (Å²) in [5.41, 5.74) is 0. The molecule has 24 heavy (non-hydrogen) atoms. The first-order valence-corrected chi connectivity index (χ1v) is 8.47. The third-order valence-electron chi connectivity index (χ3n) is 3.59. The second-order valence-corrected chi connectivity index (χ2v) is 5.76. The minimum absolute atomic E-state index is 0.122. The van der Waals surface area contributed by atoms with Crippen molar-refractivity contribution >= 4 is 0 Å². The van der Waals surface area contributed by atoms with E-state index in [1.807, 2.05) is 0 Å². The largest absolute Gasteiger partial charge is 0.425 e. The van der Waals surface area contributed by atoms with Crippen molar-refractivity contribution in [2.75, 3.05) is 19.8 Å². The van der Waals surface area contributed by atoms with Crippen molar-refractivity contribution in [2.45, 2.75) is 83.2 Å². The van der Waals surface area contributed by atoms with Gasteiger partial charge in [0.2, 0.25) is 0 Å². The van der Waals surface area contributed by atoms with E-state index in [1.54, 1.807) is 0 Å². The zero-order chi connectivity index (χ0) is 18.7. The Hall–Kier alpha value is -0.500. The fourth-order valence-corrected chi connectivity index (χ4v) is 2.06. The Bertz CT molecular complexity index is 324. The summed E-state index contributed by atoms with van der Waals surface area (Å²) < 4.78 is 87.8. The van der Waals surface area contributed by atoms with Gasteiger partial charge >= 0.3 is 18.0 Å². The van der Waals surface area contributed by atoms with Crippen molar-refractivity contribution in [3.05, 3.63) is 0 Å². The number of ether oxygens (including phenoxy) is 2. The molecule has 0 radical (unpaired) electrons. The van der Waals surface area contributed by atoms with Gasteiger partial charge in [-0.05, 0) is 13.3 Å². The van der Waals surface area contributed by atoms with Crippen LogP contribution in [0, 0.1) is 0 Å². The summed E-state index contributed by atoms with van der Waals surface area (Å²) in [5.74, 6) is -10.6. The smallest absolute Gasteiger partial charge is 0.375 e. The highest BCUT2D eigenvalue weighted by atomic mass is 19.3. The van der Waals surface area contributed by atoms with Gasteiger partial charge in [0, 0.05) is 6.61 Å². The molecule has 0 aromatic rings. The van der Waals surface area contributed by atoms with Crippen LogP contribution in [-0.4, -0.2) is 37.8 Å². The second kappa shape index (κ2) is 11.2. The Kier molecular flexibility index (Phi) is 10.9. The van der Waals surface area contributed by atoms with Crippen molar-refractivity contribution in [3.8, 4) is 0 Å². The van der Waals surface area contributed by atoms with Crippen molar-refractivity contribution in [1.82, 2.24) is 0 Å². The van der Waals surface area contributed by atoms with Crippen LogP contribution in [0.2, 0.25) is 0 Å². The van der Waals surface area contributed by atoms with Crippen LogP contribution in [0.1, 0.15) is 65.2 Å². The molecule has 0 aromatic heterocycles. The quantitative estimate of drug-likeness (QED) is 0.260. The maximum Gasteiger partial charge on any atom is 0.425 e. The van der Waals surface area contributed by atoms with Crippen LogP contribution in [0.3, 0.4) is 0 Å². The van der Waals surface area contributed by atoms with Crippen LogP contribution in [0.4, 0.5) is 26.3 Å². The Morgan fingerprint density at radius 2 is 1.21 bits per heavy atom. The standard InChI is InChI=1S/C16H28F6O2/c1-3-5-6-7-8-9-10-11-12-24-16(21,22)15(19,20)14(17,18)13-23-4-2/h3-13H2,1-2H3. The molecule has 0 aromatic carbocycles. The zero-order valence-corrected chi connectivity index (χ0v) is 14.4. The van der Waals surface area contributed by atoms with Crippen molar-refractivity contribution in [3.63, 3.8) is 0 Å². The predicted molar refractivity (Wildman–Crippen MR) is 79.9 cm³/mol. The Balaban J connectivity index is 4.14. The van der Waals surface area contributed by atoms with E-state index in [0.717, 1.165) is 38.5 Å². The van der Waals surface area contributed by atoms with Crippen LogP contribution >= 0.6 is 0 Å². The molecular weight excluding hydrogens is 338 g/mol. The van der Waals surface area contributed by atoms with Gasteiger partial charge in [0.15, 0.2) is 0 Å². The maximum absolute atomic E-state index is 13.3. The van der Waals surface area contributed by atoms with E-state index in [2.05, 4.69) is 16.4 Å². The number of rotatable bonds is 15. The van der Waals surface area contributed by atoms with Crippen LogP contribution in [0.25, 0.3) is 0 Å². The minimum Gasteiger partial charge on any atom is -0.375 e. The maximum atomic E-state index is 13.3. The van der Waals surface area contributed by atoms with Gasteiger partial charge in [0.1, 0.15) is 6.61 Å². The Morgan fingerprint density at radius 3 is 1.71 bits per heavy atom. The molecule has 0 heterocycles. The lowest BCUT2D eigenvalue weighted by Gasteiger charge is -2.31. The van der Waals surface area contributed by atoms with Crippen molar-refractivity contribution < 1.29 is 35.8 Å². The van der Waals surface area contributed by atoms with Gasteiger partial charge in [-0.15, -0.1) is 0 Å². The van der Waals surface area contributed by atoms with Crippen molar-refractivity contribution in [1.29, 1.82) is 0 Å². The average molecular weight is 366 g/mol. The summed E-state index contributed by atoms with van der Waals surface area (Å²) in [6.07, 6.45) is 1.51. The summed E-state index contributed by atoms with van der Waals surface area (Å²) in [4.78, 5) is 0. The molecular formula is C16H28F6O2. The van der Waals surface area contributed by atoms with Crippen LogP contribution in [0.5, 0.6) is 0 Å². The molecule has 0 rings (SSSR count). The van der Waals surface area contributed by atoms with Crippen molar-refractivity contribution in [2.24, 2.45) is 0 Å². The molecule has 0 amide bonds. The van der Waals surface area contributed by atoms with E-state index in [9.17, 15) is 26.3 Å². The molecule has 0 fully saturated rings. The van der Waals surface area contributed by atoms with Gasteiger partial charge in [-0.2, -0.15) is 26.3 Å². The first kappa shape index (κ1) is 23.5. The molecule has 0 unspecified atom stereocenters. The third kappa shape index (κ3) is 7.59. The SMILES string of the molecule is CCCCCCCCCCOC(F)(F)C(F)(F)C(F)(F)COCC. The Morgan fingerprint density at radius 1 is 0.708 bits per heavy atom. The molecule has 2 nitrogen and oxygen atoms in total. The van der Waals surface area contributed by atoms with Crippen LogP contribution in [-0.2, 0) is 9.47 Å². The van der Waals surface area contributed by atoms with Gasteiger partial charge < -0.3 is 9.47 Å². The van der Waals surface area contributed by atoms with E-state index in [1.165, 1.54) is 6.92 Å². The van der Waals surface area contributed by atoms with E-state index in [-0.39, 0.29) is 13.0 Å². The third-order valence-corrected chi connectivity index (χ3v) is 3.59. The number of unbranched alkanes of at least 4 members (excludes halogenated alkanes) is 7. The normalized spacial score (nSPS) is 13.5. The molecule has 0 aliphatic carbocycles. The van der Waals surface area contributed by atoms with E-state index in [0.29, 0.717) is 6.42 Å². The molecule has 0 aliphatic rings. The fourth-order valence-electron chi connectivity index (χ4n) is 2.06. The molecule has 8 heteroatoms. The zero-order valence-electron chi connectivity index (χ0n) is 14.4. The molecule has 0 bridgehead atoms. The average Bonchev–Trinajstić information content (AvgIpc) is 2.51. The monoisotopic (exact) mass is 366 g/mol. The van der Waals surface area contributed by atoms with Gasteiger partial charge in [0.05, 0.1) is 6.61 Å². The van der Waals surface area contributed by atoms with Crippen LogP contribution < -0.4 is 0 Å². The molecule has 0 N–H and O–H groups in total. The summed E-state index contributed by atoms with van der Waals surface area (Å²) in [5, 5.41) is 0. The summed E-state index contributed by atoms with van der Waals surface area (Å²) in [6, 6.07) is 0. The van der Waals surface area contributed by atoms with E-state index < -0.39 is 31.2 Å². The van der Waals surface area contributed by atoms with Crippen LogP contribution in [0.15, 0.2) is 0 Å². The summed E-state index contributed by atoms with van der Waals surface area (Å²) in [7, 11) is 0. The van der Waals surface area contributed by atoms with Gasteiger partial charge in [-0.3, -0.25) is 0 Å². The lowest BCUT2D eigenvalue weighted by atomic mass is 10.1. The second-order valence-electron chi connectivity index (χ2n) is 5.76. The highest BCUT2D eigenvalue weighted by molar-refractivity contribution is 4.91. The topological polar surface area (TPSA) is 18.5 Å². The summed E-state index contributed by atoms with van der Waals surface area (Å²) in [6.45, 7) is 0.627. The van der Waals surface area contributed by atoms with E-state index in [4.69, 9.17) is 0 Å². The number of halogens is 6. The minimum atomic E-state index is -5.63. The molecule has 0 saturated heterocycles. The first-order chi connectivity index (χ1) is 11.1. The van der Waals surface area contributed by atoms with Gasteiger partial charge in [-0.1, -0.05) is 51.9 Å². The lowest BCUT2D eigenvalue weighted by Crippen LogP contribution is -2.57. The highest BCUT2D eigenvalue weighted by Gasteiger charge is 2.72. The highest BCUT2D eigenvalue weighted by Crippen LogP contribution is 2.46. The lowest BCUT2D eigenvalue weighted by molar-refractivity contribution is -0.402. The molecule has 0 aliphatic heterocycles. The predicted octanol–water partition coefficient (Wildman–Crippen LogP) is 6.04. The Labute approximate surface area is 139 Å². The molecule has 0 atom stereocenters. The first-order valence-electron chi connectivity index (χ1n) is 8.47. The number of alkyl halides is 6. The number of hydrogen-bond donors (Lipinski definition) is 0. The molecule has 0 saturated carbocycles. The number of hydrogen-bond acceptors (Lipinski definition) is 2. The molecule has 0 spiro atoms. The van der Waals surface area contributed by atoms with E-state index >= 15 is 0 Å². The van der Waals surface area contributed by atoms with Gasteiger partial charge in [-0.25, -0.2) is 0 Å².